The van der Waals surface area contributed by atoms with Crippen molar-refractivity contribution in [1.29, 1.82) is 0 Å². The van der Waals surface area contributed by atoms with E-state index < -0.39 is 0 Å². The molecule has 1 unspecified atom stereocenters. The van der Waals surface area contributed by atoms with E-state index in [4.69, 9.17) is 9.72 Å². The second-order valence-corrected chi connectivity index (χ2v) is 7.63. The standard InChI is InChI=1S/C21H21FN2OS/c1-15-20(26-21(23-15)16-6-3-2-4-7-16)14-24-10-11-25-19(13-24)17-8-5-9-18(22)12-17/h2-9,12,19H,10-11,13-14H2,1H3. The molecule has 1 fully saturated rings. The summed E-state index contributed by atoms with van der Waals surface area (Å²) in [5.41, 5.74) is 3.15. The monoisotopic (exact) mass is 368 g/mol. The van der Waals surface area contributed by atoms with Gasteiger partial charge in [-0.2, -0.15) is 0 Å². The van der Waals surface area contributed by atoms with Crippen molar-refractivity contribution in [2.45, 2.75) is 19.6 Å². The van der Waals surface area contributed by atoms with Crippen LogP contribution in [0.25, 0.3) is 10.6 Å². The Morgan fingerprint density at radius 1 is 1.19 bits per heavy atom. The molecular formula is C21H21FN2OS. The Balaban J connectivity index is 1.48. The highest BCUT2D eigenvalue weighted by Crippen LogP contribution is 2.30. The quantitative estimate of drug-likeness (QED) is 0.659. The van der Waals surface area contributed by atoms with Gasteiger partial charge in [-0.1, -0.05) is 42.5 Å². The first-order valence-corrected chi connectivity index (χ1v) is 9.62. The van der Waals surface area contributed by atoms with Crippen LogP contribution in [0.1, 0.15) is 22.2 Å². The first-order valence-electron chi connectivity index (χ1n) is 8.80. The van der Waals surface area contributed by atoms with E-state index in [0.29, 0.717) is 6.61 Å². The van der Waals surface area contributed by atoms with E-state index in [1.54, 1.807) is 23.5 Å². The van der Waals surface area contributed by atoms with Crippen molar-refractivity contribution in [2.24, 2.45) is 0 Å². The molecule has 134 valence electrons. The second-order valence-electron chi connectivity index (χ2n) is 6.54. The zero-order valence-corrected chi connectivity index (χ0v) is 15.5. The van der Waals surface area contributed by atoms with Gasteiger partial charge in [0.05, 0.1) is 18.4 Å². The average molecular weight is 368 g/mol. The third-order valence-corrected chi connectivity index (χ3v) is 5.84. The van der Waals surface area contributed by atoms with Gasteiger partial charge in [-0.15, -0.1) is 11.3 Å². The lowest BCUT2D eigenvalue weighted by Crippen LogP contribution is -2.37. The van der Waals surface area contributed by atoms with Crippen molar-refractivity contribution < 1.29 is 9.13 Å². The lowest BCUT2D eigenvalue weighted by molar-refractivity contribution is -0.0328. The fourth-order valence-corrected chi connectivity index (χ4v) is 4.35. The van der Waals surface area contributed by atoms with Gasteiger partial charge in [0.1, 0.15) is 10.8 Å². The SMILES string of the molecule is Cc1nc(-c2ccccc2)sc1CN1CCOC(c2cccc(F)c2)C1. The van der Waals surface area contributed by atoms with Crippen LogP contribution in [0.5, 0.6) is 0 Å². The van der Waals surface area contributed by atoms with Crippen molar-refractivity contribution in [3.05, 3.63) is 76.5 Å². The molecule has 1 aliphatic rings. The summed E-state index contributed by atoms with van der Waals surface area (Å²) < 4.78 is 19.4. The van der Waals surface area contributed by atoms with Gasteiger partial charge in [-0.05, 0) is 24.6 Å². The molecule has 0 radical (unpaired) electrons. The number of benzene rings is 2. The van der Waals surface area contributed by atoms with Crippen LogP contribution < -0.4 is 0 Å². The normalized spacial score (nSPS) is 18.2. The first-order chi connectivity index (χ1) is 12.7. The Kier molecular flexibility index (Phi) is 5.11. The van der Waals surface area contributed by atoms with E-state index in [0.717, 1.165) is 41.5 Å². The van der Waals surface area contributed by atoms with Crippen LogP contribution in [0, 0.1) is 12.7 Å². The van der Waals surface area contributed by atoms with Crippen molar-refractivity contribution in [3.8, 4) is 10.6 Å². The minimum absolute atomic E-state index is 0.0822. The van der Waals surface area contributed by atoms with Gasteiger partial charge >= 0.3 is 0 Å². The molecule has 3 nitrogen and oxygen atoms in total. The minimum atomic E-state index is -0.214. The molecule has 0 spiro atoms. The van der Waals surface area contributed by atoms with Crippen LogP contribution in [-0.2, 0) is 11.3 Å². The van der Waals surface area contributed by atoms with Crippen molar-refractivity contribution >= 4 is 11.3 Å². The summed E-state index contributed by atoms with van der Waals surface area (Å²) in [4.78, 5) is 8.40. The summed E-state index contributed by atoms with van der Waals surface area (Å²) in [7, 11) is 0. The lowest BCUT2D eigenvalue weighted by Gasteiger charge is -2.33. The maximum atomic E-state index is 13.5. The number of rotatable bonds is 4. The molecule has 1 saturated heterocycles. The molecule has 0 amide bonds. The van der Waals surface area contributed by atoms with Gasteiger partial charge in [0.2, 0.25) is 0 Å². The Bertz CT molecular complexity index is 881. The molecule has 2 aromatic carbocycles. The number of halogens is 1. The summed E-state index contributed by atoms with van der Waals surface area (Å²) in [5.74, 6) is -0.214. The third kappa shape index (κ3) is 3.85. The number of hydrogen-bond donors (Lipinski definition) is 0. The number of nitrogens with zero attached hydrogens (tertiary/aromatic N) is 2. The highest BCUT2D eigenvalue weighted by atomic mass is 32.1. The summed E-state index contributed by atoms with van der Waals surface area (Å²) in [6.45, 7) is 5.23. The van der Waals surface area contributed by atoms with Gasteiger partial charge < -0.3 is 4.74 Å². The highest BCUT2D eigenvalue weighted by Gasteiger charge is 2.23. The van der Waals surface area contributed by atoms with Gasteiger partial charge in [0.25, 0.3) is 0 Å². The minimum Gasteiger partial charge on any atom is -0.371 e. The van der Waals surface area contributed by atoms with E-state index in [1.165, 1.54) is 10.9 Å². The summed E-state index contributed by atoms with van der Waals surface area (Å²) in [5, 5.41) is 1.06. The zero-order valence-electron chi connectivity index (χ0n) is 14.7. The van der Waals surface area contributed by atoms with E-state index in [2.05, 4.69) is 24.0 Å². The maximum absolute atomic E-state index is 13.5. The topological polar surface area (TPSA) is 25.4 Å². The lowest BCUT2D eigenvalue weighted by atomic mass is 10.1. The van der Waals surface area contributed by atoms with E-state index in [1.807, 2.05) is 24.3 Å². The molecule has 26 heavy (non-hydrogen) atoms. The van der Waals surface area contributed by atoms with Gasteiger partial charge in [0.15, 0.2) is 0 Å². The molecule has 2 heterocycles. The van der Waals surface area contributed by atoms with Gasteiger partial charge in [0, 0.05) is 30.1 Å². The smallest absolute Gasteiger partial charge is 0.123 e. The third-order valence-electron chi connectivity index (χ3n) is 4.65. The molecule has 3 aromatic rings. The highest BCUT2D eigenvalue weighted by molar-refractivity contribution is 7.15. The van der Waals surface area contributed by atoms with Crippen LogP contribution in [0.15, 0.2) is 54.6 Å². The summed E-state index contributed by atoms with van der Waals surface area (Å²) >= 11 is 1.75. The molecule has 1 aliphatic heterocycles. The predicted octanol–water partition coefficient (Wildman–Crippen LogP) is 4.83. The Morgan fingerprint density at radius 3 is 2.85 bits per heavy atom. The molecule has 0 saturated carbocycles. The second kappa shape index (κ2) is 7.66. The number of aryl methyl sites for hydroxylation is 1. The Morgan fingerprint density at radius 2 is 2.04 bits per heavy atom. The largest absolute Gasteiger partial charge is 0.371 e. The van der Waals surface area contributed by atoms with Crippen LogP contribution in [0.4, 0.5) is 4.39 Å². The van der Waals surface area contributed by atoms with Crippen molar-refractivity contribution in [1.82, 2.24) is 9.88 Å². The molecular weight excluding hydrogens is 347 g/mol. The molecule has 5 heteroatoms. The number of hydrogen-bond acceptors (Lipinski definition) is 4. The maximum Gasteiger partial charge on any atom is 0.123 e. The van der Waals surface area contributed by atoms with E-state index in [-0.39, 0.29) is 11.9 Å². The van der Waals surface area contributed by atoms with E-state index >= 15 is 0 Å². The molecule has 0 N–H and O–H groups in total. The molecule has 1 atom stereocenters. The van der Waals surface area contributed by atoms with Gasteiger partial charge in [-0.25, -0.2) is 9.37 Å². The fraction of sp³-hybridized carbons (Fsp3) is 0.286. The van der Waals surface area contributed by atoms with Crippen LogP contribution in [0.3, 0.4) is 0 Å². The van der Waals surface area contributed by atoms with Crippen LogP contribution in [-0.4, -0.2) is 29.6 Å². The zero-order chi connectivity index (χ0) is 17.9. The summed E-state index contributed by atoms with van der Waals surface area (Å²) in [6, 6.07) is 17.0. The van der Waals surface area contributed by atoms with Crippen LogP contribution >= 0.6 is 11.3 Å². The predicted molar refractivity (Wildman–Crippen MR) is 103 cm³/mol. The Hall–Kier alpha value is -2.08. The Labute approximate surface area is 157 Å². The number of aromatic nitrogens is 1. The fourth-order valence-electron chi connectivity index (χ4n) is 3.24. The molecule has 1 aromatic heterocycles. The number of thiazole rings is 1. The summed E-state index contributed by atoms with van der Waals surface area (Å²) in [6.07, 6.45) is -0.0822. The van der Waals surface area contributed by atoms with E-state index in [9.17, 15) is 4.39 Å². The number of morpholine rings is 1. The molecule has 0 aliphatic carbocycles. The van der Waals surface area contributed by atoms with Crippen molar-refractivity contribution in [2.75, 3.05) is 19.7 Å². The van der Waals surface area contributed by atoms with Crippen LogP contribution in [0.2, 0.25) is 0 Å². The number of ether oxygens (including phenoxy) is 1. The average Bonchev–Trinajstić information content (AvgIpc) is 3.03. The molecule has 4 rings (SSSR count). The molecule has 0 bridgehead atoms. The first kappa shape index (κ1) is 17.3. The van der Waals surface area contributed by atoms with Crippen molar-refractivity contribution in [3.63, 3.8) is 0 Å². The van der Waals surface area contributed by atoms with Gasteiger partial charge in [-0.3, -0.25) is 4.90 Å².